The van der Waals surface area contributed by atoms with E-state index in [0.717, 1.165) is 22.3 Å². The highest BCUT2D eigenvalue weighted by molar-refractivity contribution is 6.31. The first-order chi connectivity index (χ1) is 10.4. The second-order valence-electron chi connectivity index (χ2n) is 5.42. The first-order valence-corrected chi connectivity index (χ1v) is 7.47. The third-order valence-corrected chi connectivity index (χ3v) is 4.23. The van der Waals surface area contributed by atoms with Crippen LogP contribution in [0.25, 0.3) is 0 Å². The molecule has 0 amide bonds. The van der Waals surface area contributed by atoms with E-state index in [1.807, 2.05) is 39.0 Å². The third kappa shape index (κ3) is 3.80. The quantitative estimate of drug-likeness (QED) is 0.892. The van der Waals surface area contributed by atoms with Crippen molar-refractivity contribution in [3.63, 3.8) is 0 Å². The van der Waals surface area contributed by atoms with Crippen LogP contribution in [-0.2, 0) is 11.2 Å². The lowest BCUT2D eigenvalue weighted by Gasteiger charge is -2.17. The summed E-state index contributed by atoms with van der Waals surface area (Å²) in [6.45, 7) is 5.86. The minimum Gasteiger partial charge on any atom is -0.478 e. The van der Waals surface area contributed by atoms with Crippen molar-refractivity contribution in [3.05, 3.63) is 63.7 Å². The lowest BCUT2D eigenvalue weighted by molar-refractivity contribution is -0.145. The van der Waals surface area contributed by atoms with Crippen LogP contribution < -0.4 is 4.74 Å². The molecule has 0 bridgehead atoms. The molecule has 0 radical (unpaired) electrons. The Kier molecular flexibility index (Phi) is 5.09. The van der Waals surface area contributed by atoms with Gasteiger partial charge < -0.3 is 9.84 Å². The number of carboxylic acid groups (broad SMARTS) is 1. The van der Waals surface area contributed by atoms with Crippen LogP contribution in [0, 0.1) is 20.8 Å². The molecule has 0 spiro atoms. The minimum atomic E-state index is -0.978. The summed E-state index contributed by atoms with van der Waals surface area (Å²) in [5, 5.41) is 10.1. The van der Waals surface area contributed by atoms with Gasteiger partial charge in [0.15, 0.2) is 6.10 Å². The summed E-state index contributed by atoms with van der Waals surface area (Å²) in [7, 11) is 0. The summed E-state index contributed by atoms with van der Waals surface area (Å²) in [5.41, 5.74) is 4.08. The van der Waals surface area contributed by atoms with Crippen molar-refractivity contribution in [2.75, 3.05) is 0 Å². The molecule has 0 saturated heterocycles. The zero-order chi connectivity index (χ0) is 16.3. The average molecular weight is 319 g/mol. The summed E-state index contributed by atoms with van der Waals surface area (Å²) in [6, 6.07) is 11.0. The SMILES string of the molecule is Cc1cc(O[C@@H](Cc2cccc(C)c2C)C(=O)O)ccc1Cl. The van der Waals surface area contributed by atoms with E-state index >= 15 is 0 Å². The van der Waals surface area contributed by atoms with Gasteiger partial charge >= 0.3 is 5.97 Å². The number of carbonyl (C=O) groups is 1. The topological polar surface area (TPSA) is 46.5 Å². The molecular weight excluding hydrogens is 300 g/mol. The second-order valence-corrected chi connectivity index (χ2v) is 5.83. The summed E-state index contributed by atoms with van der Waals surface area (Å²) >= 11 is 5.98. The number of carboxylic acids is 1. The normalized spacial score (nSPS) is 12.0. The summed E-state index contributed by atoms with van der Waals surface area (Å²) in [5.74, 6) is -0.465. The summed E-state index contributed by atoms with van der Waals surface area (Å²) in [6.07, 6.45) is -0.606. The maximum absolute atomic E-state index is 11.5. The Labute approximate surface area is 135 Å². The number of hydrogen-bond donors (Lipinski definition) is 1. The van der Waals surface area contributed by atoms with E-state index in [2.05, 4.69) is 0 Å². The maximum atomic E-state index is 11.5. The molecule has 0 aliphatic heterocycles. The molecule has 0 aliphatic carbocycles. The van der Waals surface area contributed by atoms with Crippen LogP contribution in [0.1, 0.15) is 22.3 Å². The van der Waals surface area contributed by atoms with Crippen LogP contribution in [-0.4, -0.2) is 17.2 Å². The molecule has 0 aromatic heterocycles. The number of halogens is 1. The Hall–Kier alpha value is -2.00. The monoisotopic (exact) mass is 318 g/mol. The van der Waals surface area contributed by atoms with Crippen LogP contribution in [0.3, 0.4) is 0 Å². The van der Waals surface area contributed by atoms with Gasteiger partial charge in [-0.15, -0.1) is 0 Å². The predicted molar refractivity (Wildman–Crippen MR) is 87.9 cm³/mol. The Balaban J connectivity index is 2.21. The van der Waals surface area contributed by atoms with E-state index in [1.54, 1.807) is 18.2 Å². The molecule has 4 heteroatoms. The number of ether oxygens (including phenoxy) is 1. The van der Waals surface area contributed by atoms with Gasteiger partial charge in [-0.3, -0.25) is 0 Å². The largest absolute Gasteiger partial charge is 0.478 e. The van der Waals surface area contributed by atoms with E-state index in [-0.39, 0.29) is 0 Å². The molecule has 2 aromatic rings. The third-order valence-electron chi connectivity index (χ3n) is 3.81. The Morgan fingerprint density at radius 2 is 1.91 bits per heavy atom. The van der Waals surface area contributed by atoms with E-state index < -0.39 is 12.1 Å². The van der Waals surface area contributed by atoms with Crippen molar-refractivity contribution >= 4 is 17.6 Å². The molecule has 116 valence electrons. The molecule has 2 aromatic carbocycles. The maximum Gasteiger partial charge on any atom is 0.345 e. The number of aliphatic carboxylic acids is 1. The van der Waals surface area contributed by atoms with Crippen molar-refractivity contribution in [1.29, 1.82) is 0 Å². The van der Waals surface area contributed by atoms with Crippen LogP contribution in [0.2, 0.25) is 5.02 Å². The molecule has 0 fully saturated rings. The van der Waals surface area contributed by atoms with Crippen LogP contribution in [0.15, 0.2) is 36.4 Å². The van der Waals surface area contributed by atoms with Gasteiger partial charge in [0.25, 0.3) is 0 Å². The van der Waals surface area contributed by atoms with Crippen molar-refractivity contribution < 1.29 is 14.6 Å². The lowest BCUT2D eigenvalue weighted by Crippen LogP contribution is -2.29. The fourth-order valence-corrected chi connectivity index (χ4v) is 2.38. The second kappa shape index (κ2) is 6.84. The fourth-order valence-electron chi connectivity index (χ4n) is 2.27. The molecule has 0 aliphatic rings. The van der Waals surface area contributed by atoms with Crippen molar-refractivity contribution in [2.24, 2.45) is 0 Å². The van der Waals surface area contributed by atoms with Crippen molar-refractivity contribution in [2.45, 2.75) is 33.3 Å². The standard InChI is InChI=1S/C18H19ClO3/c1-11-5-4-6-14(13(11)3)10-17(18(20)21)22-15-7-8-16(19)12(2)9-15/h4-9,17H,10H2,1-3H3,(H,20,21)/t17-/m0/s1. The molecule has 1 atom stereocenters. The molecule has 0 unspecified atom stereocenters. The molecule has 2 rings (SSSR count). The zero-order valence-corrected chi connectivity index (χ0v) is 13.6. The highest BCUT2D eigenvalue weighted by Gasteiger charge is 2.21. The van der Waals surface area contributed by atoms with E-state index in [4.69, 9.17) is 16.3 Å². The van der Waals surface area contributed by atoms with Crippen LogP contribution in [0.5, 0.6) is 5.75 Å². The minimum absolute atomic E-state index is 0.324. The van der Waals surface area contributed by atoms with Gasteiger partial charge in [0.05, 0.1) is 0 Å². The predicted octanol–water partition coefficient (Wildman–Crippen LogP) is 4.34. The van der Waals surface area contributed by atoms with E-state index in [9.17, 15) is 9.90 Å². The van der Waals surface area contributed by atoms with Crippen molar-refractivity contribution in [3.8, 4) is 5.75 Å². The first-order valence-electron chi connectivity index (χ1n) is 7.09. The Morgan fingerprint density at radius 3 is 2.55 bits per heavy atom. The van der Waals surface area contributed by atoms with E-state index in [0.29, 0.717) is 17.2 Å². The molecule has 3 nitrogen and oxygen atoms in total. The van der Waals surface area contributed by atoms with Crippen LogP contribution >= 0.6 is 11.6 Å². The van der Waals surface area contributed by atoms with Gasteiger partial charge in [-0.1, -0.05) is 29.8 Å². The highest BCUT2D eigenvalue weighted by atomic mass is 35.5. The molecular formula is C18H19ClO3. The summed E-state index contributed by atoms with van der Waals surface area (Å²) < 4.78 is 5.65. The number of benzene rings is 2. The van der Waals surface area contributed by atoms with Crippen molar-refractivity contribution in [1.82, 2.24) is 0 Å². The smallest absolute Gasteiger partial charge is 0.345 e. The van der Waals surface area contributed by atoms with Gasteiger partial charge in [0.2, 0.25) is 0 Å². The fraction of sp³-hybridized carbons (Fsp3) is 0.278. The Morgan fingerprint density at radius 1 is 1.18 bits per heavy atom. The molecule has 1 N–H and O–H groups in total. The number of hydrogen-bond acceptors (Lipinski definition) is 2. The highest BCUT2D eigenvalue weighted by Crippen LogP contribution is 2.23. The zero-order valence-electron chi connectivity index (χ0n) is 12.9. The summed E-state index contributed by atoms with van der Waals surface area (Å²) in [4.78, 5) is 11.5. The average Bonchev–Trinajstić information content (AvgIpc) is 2.46. The Bertz CT molecular complexity index is 695. The van der Waals surface area contributed by atoms with E-state index in [1.165, 1.54) is 0 Å². The molecule has 0 saturated carbocycles. The van der Waals surface area contributed by atoms with Gasteiger partial charge in [0, 0.05) is 11.4 Å². The van der Waals surface area contributed by atoms with Gasteiger partial charge in [0.1, 0.15) is 5.75 Å². The molecule has 0 heterocycles. The molecule has 22 heavy (non-hydrogen) atoms. The van der Waals surface area contributed by atoms with Gasteiger partial charge in [-0.25, -0.2) is 4.79 Å². The van der Waals surface area contributed by atoms with Gasteiger partial charge in [-0.2, -0.15) is 0 Å². The first kappa shape index (κ1) is 16.4. The van der Waals surface area contributed by atoms with Crippen LogP contribution in [0.4, 0.5) is 0 Å². The lowest BCUT2D eigenvalue weighted by atomic mass is 9.98. The van der Waals surface area contributed by atoms with Gasteiger partial charge in [-0.05, 0) is 61.2 Å². The number of aryl methyl sites for hydroxylation is 2. The number of rotatable bonds is 5.